The maximum absolute atomic E-state index is 13.1. The molecule has 118 valence electrons. The summed E-state index contributed by atoms with van der Waals surface area (Å²) in [4.78, 5) is 4.84. The minimum Gasteiger partial charge on any atom is -0.306 e. The molecule has 0 spiro atoms. The van der Waals surface area contributed by atoms with E-state index < -0.39 is 0 Å². The van der Waals surface area contributed by atoms with E-state index in [-0.39, 0.29) is 11.9 Å². The number of piperazine rings is 1. The first-order chi connectivity index (χ1) is 9.95. The number of likely N-dealkylation sites (N-methyl/N-ethyl adjacent to an activating group) is 1. The van der Waals surface area contributed by atoms with E-state index >= 15 is 0 Å². The van der Waals surface area contributed by atoms with Crippen LogP contribution in [0.5, 0.6) is 0 Å². The quantitative estimate of drug-likeness (QED) is 0.902. The lowest BCUT2D eigenvalue weighted by Gasteiger charge is -2.34. The summed E-state index contributed by atoms with van der Waals surface area (Å²) in [5.41, 5.74) is 0.947. The third kappa shape index (κ3) is 4.92. The van der Waals surface area contributed by atoms with Crippen molar-refractivity contribution in [3.63, 3.8) is 0 Å². The molecule has 1 saturated heterocycles. The SMILES string of the molecule is CC(CN1CCN(C)CC1)NC(C)c1ccc(F)cc1Cl. The molecule has 0 aliphatic carbocycles. The molecular weight excluding hydrogens is 289 g/mol. The van der Waals surface area contributed by atoms with Gasteiger partial charge in [0.1, 0.15) is 5.82 Å². The van der Waals surface area contributed by atoms with Crippen LogP contribution in [0.4, 0.5) is 4.39 Å². The monoisotopic (exact) mass is 313 g/mol. The Kier molecular flexibility index (Phi) is 5.99. The van der Waals surface area contributed by atoms with Crippen LogP contribution in [-0.4, -0.2) is 55.6 Å². The molecular formula is C16H25ClFN3. The van der Waals surface area contributed by atoms with E-state index in [1.807, 2.05) is 0 Å². The highest BCUT2D eigenvalue weighted by atomic mass is 35.5. The molecule has 1 aromatic rings. The number of hydrogen-bond donors (Lipinski definition) is 1. The summed E-state index contributed by atoms with van der Waals surface area (Å²) >= 11 is 6.12. The average molecular weight is 314 g/mol. The van der Waals surface area contributed by atoms with Gasteiger partial charge in [-0.05, 0) is 38.6 Å². The molecule has 3 nitrogen and oxygen atoms in total. The van der Waals surface area contributed by atoms with Gasteiger partial charge in [-0.1, -0.05) is 17.7 Å². The van der Waals surface area contributed by atoms with E-state index in [1.54, 1.807) is 6.07 Å². The van der Waals surface area contributed by atoms with Crippen molar-refractivity contribution in [2.75, 3.05) is 39.8 Å². The molecule has 0 amide bonds. The number of nitrogens with one attached hydrogen (secondary N) is 1. The maximum atomic E-state index is 13.1. The van der Waals surface area contributed by atoms with Gasteiger partial charge in [0.2, 0.25) is 0 Å². The van der Waals surface area contributed by atoms with Crippen LogP contribution >= 0.6 is 11.6 Å². The lowest BCUT2D eigenvalue weighted by molar-refractivity contribution is 0.142. The van der Waals surface area contributed by atoms with E-state index in [0.717, 1.165) is 38.3 Å². The molecule has 0 aromatic heterocycles. The van der Waals surface area contributed by atoms with Crippen molar-refractivity contribution in [3.8, 4) is 0 Å². The van der Waals surface area contributed by atoms with Gasteiger partial charge in [0, 0.05) is 49.8 Å². The smallest absolute Gasteiger partial charge is 0.124 e. The second kappa shape index (κ2) is 7.54. The molecule has 1 N–H and O–H groups in total. The average Bonchev–Trinajstić information content (AvgIpc) is 2.41. The number of halogens is 2. The highest BCUT2D eigenvalue weighted by Gasteiger charge is 2.18. The topological polar surface area (TPSA) is 18.5 Å². The number of hydrogen-bond acceptors (Lipinski definition) is 3. The predicted octanol–water partition coefficient (Wildman–Crippen LogP) is 2.77. The summed E-state index contributed by atoms with van der Waals surface area (Å²) in [6.07, 6.45) is 0. The van der Waals surface area contributed by atoms with E-state index in [4.69, 9.17) is 11.6 Å². The highest BCUT2D eigenvalue weighted by molar-refractivity contribution is 6.31. The van der Waals surface area contributed by atoms with E-state index in [0.29, 0.717) is 11.1 Å². The van der Waals surface area contributed by atoms with E-state index in [1.165, 1.54) is 12.1 Å². The van der Waals surface area contributed by atoms with Crippen LogP contribution in [0.25, 0.3) is 0 Å². The zero-order chi connectivity index (χ0) is 15.4. The molecule has 0 radical (unpaired) electrons. The Morgan fingerprint density at radius 1 is 1.24 bits per heavy atom. The number of nitrogens with zero attached hydrogens (tertiary/aromatic N) is 2. The predicted molar refractivity (Wildman–Crippen MR) is 86.4 cm³/mol. The van der Waals surface area contributed by atoms with Crippen LogP contribution in [0.15, 0.2) is 18.2 Å². The third-order valence-corrected chi connectivity index (χ3v) is 4.42. The molecule has 2 unspecified atom stereocenters. The molecule has 0 saturated carbocycles. The molecule has 1 fully saturated rings. The van der Waals surface area contributed by atoms with Crippen molar-refractivity contribution in [1.82, 2.24) is 15.1 Å². The Labute approximate surface area is 132 Å². The largest absolute Gasteiger partial charge is 0.306 e. The summed E-state index contributed by atoms with van der Waals surface area (Å²) in [6, 6.07) is 5.08. The summed E-state index contributed by atoms with van der Waals surface area (Å²) < 4.78 is 13.1. The van der Waals surface area contributed by atoms with Crippen molar-refractivity contribution in [3.05, 3.63) is 34.6 Å². The molecule has 2 rings (SSSR count). The van der Waals surface area contributed by atoms with Crippen molar-refractivity contribution < 1.29 is 4.39 Å². The van der Waals surface area contributed by atoms with Crippen molar-refractivity contribution in [2.45, 2.75) is 25.9 Å². The first-order valence-electron chi connectivity index (χ1n) is 7.57. The van der Waals surface area contributed by atoms with Crippen LogP contribution in [0, 0.1) is 5.82 Å². The number of benzene rings is 1. The first-order valence-corrected chi connectivity index (χ1v) is 7.95. The number of rotatable bonds is 5. The summed E-state index contributed by atoms with van der Waals surface area (Å²) in [5.74, 6) is -0.290. The van der Waals surface area contributed by atoms with E-state index in [2.05, 4.69) is 36.0 Å². The van der Waals surface area contributed by atoms with Gasteiger partial charge in [-0.15, -0.1) is 0 Å². The van der Waals surface area contributed by atoms with Crippen LogP contribution in [0.3, 0.4) is 0 Å². The Balaban J connectivity index is 1.85. The van der Waals surface area contributed by atoms with Gasteiger partial charge in [-0.25, -0.2) is 4.39 Å². The van der Waals surface area contributed by atoms with Gasteiger partial charge in [0.05, 0.1) is 0 Å². The summed E-state index contributed by atoms with van der Waals surface area (Å²) in [7, 11) is 2.16. The molecule has 1 aliphatic rings. The molecule has 21 heavy (non-hydrogen) atoms. The highest BCUT2D eigenvalue weighted by Crippen LogP contribution is 2.24. The van der Waals surface area contributed by atoms with Crippen LogP contribution in [0.2, 0.25) is 5.02 Å². The lowest BCUT2D eigenvalue weighted by Crippen LogP contribution is -2.49. The Bertz CT molecular complexity index is 461. The molecule has 5 heteroatoms. The van der Waals surface area contributed by atoms with Gasteiger partial charge in [0.25, 0.3) is 0 Å². The second-order valence-corrected chi connectivity index (χ2v) is 6.47. The second-order valence-electron chi connectivity index (χ2n) is 6.06. The van der Waals surface area contributed by atoms with Crippen molar-refractivity contribution in [2.24, 2.45) is 0 Å². The fourth-order valence-electron chi connectivity index (χ4n) is 2.84. The molecule has 1 aliphatic heterocycles. The molecule has 1 aromatic carbocycles. The third-order valence-electron chi connectivity index (χ3n) is 4.09. The van der Waals surface area contributed by atoms with Crippen molar-refractivity contribution in [1.29, 1.82) is 0 Å². The zero-order valence-corrected chi connectivity index (χ0v) is 13.8. The van der Waals surface area contributed by atoms with Gasteiger partial charge in [-0.3, -0.25) is 4.90 Å². The summed E-state index contributed by atoms with van der Waals surface area (Å²) in [6.45, 7) is 9.78. The Morgan fingerprint density at radius 3 is 2.52 bits per heavy atom. The van der Waals surface area contributed by atoms with Crippen LogP contribution in [0.1, 0.15) is 25.5 Å². The van der Waals surface area contributed by atoms with Gasteiger partial charge >= 0.3 is 0 Å². The minimum absolute atomic E-state index is 0.112. The Hall–Kier alpha value is -0.680. The van der Waals surface area contributed by atoms with Crippen LogP contribution < -0.4 is 5.32 Å². The lowest BCUT2D eigenvalue weighted by atomic mass is 10.1. The normalized spacial score (nSPS) is 20.4. The summed E-state index contributed by atoms with van der Waals surface area (Å²) in [5, 5.41) is 4.04. The van der Waals surface area contributed by atoms with Crippen LogP contribution in [-0.2, 0) is 0 Å². The molecule has 2 atom stereocenters. The standard InChI is InChI=1S/C16H25ClFN3/c1-12(11-21-8-6-20(3)7-9-21)19-13(2)15-5-4-14(18)10-16(15)17/h4-5,10,12-13,19H,6-9,11H2,1-3H3. The molecule has 1 heterocycles. The maximum Gasteiger partial charge on any atom is 0.124 e. The van der Waals surface area contributed by atoms with Gasteiger partial charge in [-0.2, -0.15) is 0 Å². The van der Waals surface area contributed by atoms with Gasteiger partial charge in [0.15, 0.2) is 0 Å². The Morgan fingerprint density at radius 2 is 1.90 bits per heavy atom. The molecule has 0 bridgehead atoms. The fourth-order valence-corrected chi connectivity index (χ4v) is 3.17. The minimum atomic E-state index is -0.290. The van der Waals surface area contributed by atoms with Crippen molar-refractivity contribution >= 4 is 11.6 Å². The first kappa shape index (κ1) is 16.7. The zero-order valence-electron chi connectivity index (χ0n) is 13.1. The van der Waals surface area contributed by atoms with Gasteiger partial charge < -0.3 is 10.2 Å². The van der Waals surface area contributed by atoms with E-state index in [9.17, 15) is 4.39 Å². The fraction of sp³-hybridized carbons (Fsp3) is 0.625.